The summed E-state index contributed by atoms with van der Waals surface area (Å²) in [4.78, 5) is 28.0. The molecular formula is C23H26FN3O5S. The van der Waals surface area contributed by atoms with E-state index < -0.39 is 33.1 Å². The van der Waals surface area contributed by atoms with Gasteiger partial charge in [-0.2, -0.15) is 0 Å². The summed E-state index contributed by atoms with van der Waals surface area (Å²) in [5.41, 5.74) is 0.774. The third-order valence-electron chi connectivity index (χ3n) is 5.67. The number of hydrogen-bond acceptors (Lipinski definition) is 5. The van der Waals surface area contributed by atoms with E-state index >= 15 is 0 Å². The molecule has 0 aliphatic heterocycles. The minimum atomic E-state index is -3.59. The molecule has 1 saturated carbocycles. The van der Waals surface area contributed by atoms with Crippen molar-refractivity contribution in [1.29, 1.82) is 0 Å². The maximum absolute atomic E-state index is 14.0. The van der Waals surface area contributed by atoms with Crippen molar-refractivity contribution in [1.82, 2.24) is 14.7 Å². The van der Waals surface area contributed by atoms with Gasteiger partial charge in [-0.3, -0.25) is 9.78 Å². The number of ether oxygens (including phenoxy) is 1. The number of fused-ring (bicyclic) bond motifs is 1. The predicted molar refractivity (Wildman–Crippen MR) is 123 cm³/mol. The van der Waals surface area contributed by atoms with Crippen LogP contribution in [0.1, 0.15) is 43.4 Å². The van der Waals surface area contributed by atoms with E-state index in [-0.39, 0.29) is 11.5 Å². The normalized spacial score (nSPS) is 15.0. The van der Waals surface area contributed by atoms with Crippen molar-refractivity contribution in [2.45, 2.75) is 38.6 Å². The minimum Gasteiger partial charge on any atom is -0.490 e. The van der Waals surface area contributed by atoms with Gasteiger partial charge in [0.25, 0.3) is 5.56 Å². The fourth-order valence-electron chi connectivity index (χ4n) is 3.62. The Balaban J connectivity index is 1.35. The number of sulfonamides is 1. The van der Waals surface area contributed by atoms with Gasteiger partial charge in [0, 0.05) is 6.04 Å². The first-order valence-electron chi connectivity index (χ1n) is 10.9. The maximum atomic E-state index is 14.0. The Morgan fingerprint density at radius 3 is 2.70 bits per heavy atom. The van der Waals surface area contributed by atoms with E-state index in [2.05, 4.69) is 14.7 Å². The lowest BCUT2D eigenvalue weighted by Gasteiger charge is -2.16. The van der Waals surface area contributed by atoms with Crippen LogP contribution in [0.2, 0.25) is 0 Å². The second-order valence-electron chi connectivity index (χ2n) is 8.49. The van der Waals surface area contributed by atoms with Crippen molar-refractivity contribution in [3.8, 4) is 5.75 Å². The number of halogens is 1. The number of aromatic amines is 2. The minimum absolute atomic E-state index is 0.108. The van der Waals surface area contributed by atoms with E-state index in [1.54, 1.807) is 37.3 Å². The largest absolute Gasteiger partial charge is 0.490 e. The van der Waals surface area contributed by atoms with Gasteiger partial charge in [0.1, 0.15) is 0 Å². The third kappa shape index (κ3) is 6.08. The zero-order valence-electron chi connectivity index (χ0n) is 18.2. The van der Waals surface area contributed by atoms with Gasteiger partial charge >= 0.3 is 5.69 Å². The van der Waals surface area contributed by atoms with Crippen molar-refractivity contribution < 1.29 is 17.5 Å². The number of H-pyrrole nitrogens is 2. The summed E-state index contributed by atoms with van der Waals surface area (Å²) in [5.74, 6) is 0.0434. The smallest absolute Gasteiger partial charge is 0.326 e. The Morgan fingerprint density at radius 1 is 1.15 bits per heavy atom. The molecule has 1 atom stereocenters. The zero-order valence-corrected chi connectivity index (χ0v) is 19.0. The molecule has 1 aliphatic carbocycles. The zero-order chi connectivity index (χ0) is 23.6. The summed E-state index contributed by atoms with van der Waals surface area (Å²) in [5, 5.41) is 0.345. The lowest BCUT2D eigenvalue weighted by molar-refractivity contribution is 0.285. The number of benzene rings is 2. The van der Waals surface area contributed by atoms with E-state index in [1.165, 1.54) is 6.07 Å². The first-order chi connectivity index (χ1) is 15.7. The molecule has 1 fully saturated rings. The summed E-state index contributed by atoms with van der Waals surface area (Å²) >= 11 is 0. The Kier molecular flexibility index (Phi) is 6.66. The molecule has 8 nitrogen and oxygen atoms in total. The van der Waals surface area contributed by atoms with Gasteiger partial charge in [-0.25, -0.2) is 22.3 Å². The summed E-state index contributed by atoms with van der Waals surface area (Å²) in [7, 11) is -3.59. The summed E-state index contributed by atoms with van der Waals surface area (Å²) < 4.78 is 47.3. The molecule has 0 saturated heterocycles. The average molecular weight is 476 g/mol. The first-order valence-corrected chi connectivity index (χ1v) is 12.5. The van der Waals surface area contributed by atoms with Crippen molar-refractivity contribution in [3.63, 3.8) is 0 Å². The molecule has 1 aromatic heterocycles. The van der Waals surface area contributed by atoms with Gasteiger partial charge in [-0.1, -0.05) is 12.1 Å². The van der Waals surface area contributed by atoms with Crippen molar-refractivity contribution in [2.24, 2.45) is 5.92 Å². The topological polar surface area (TPSA) is 121 Å². The fourth-order valence-corrected chi connectivity index (χ4v) is 4.94. The molecule has 0 unspecified atom stereocenters. The van der Waals surface area contributed by atoms with E-state index in [9.17, 15) is 22.4 Å². The SMILES string of the molecule is C[C@@H](NS(=O)(=O)CCCc1ccc2[nH]c(=O)[nH]c(=O)c2c1)c1ccc(F)c(OCC2CC2)c1. The monoisotopic (exact) mass is 475 g/mol. The van der Waals surface area contributed by atoms with Crippen LogP contribution in [0.4, 0.5) is 4.39 Å². The van der Waals surface area contributed by atoms with Gasteiger partial charge in [-0.05, 0) is 73.9 Å². The highest BCUT2D eigenvalue weighted by atomic mass is 32.2. The van der Waals surface area contributed by atoms with Crippen LogP contribution in [0.3, 0.4) is 0 Å². The van der Waals surface area contributed by atoms with Crippen molar-refractivity contribution in [2.75, 3.05) is 12.4 Å². The van der Waals surface area contributed by atoms with Crippen LogP contribution in [0.25, 0.3) is 10.9 Å². The second kappa shape index (κ2) is 9.48. The van der Waals surface area contributed by atoms with Crippen molar-refractivity contribution >= 4 is 20.9 Å². The molecule has 1 aliphatic rings. The molecule has 2 aromatic carbocycles. The summed E-state index contributed by atoms with van der Waals surface area (Å²) in [6.07, 6.45) is 2.97. The number of rotatable bonds is 10. The Bertz CT molecular complexity index is 1380. The molecule has 3 N–H and O–H groups in total. The molecule has 4 rings (SSSR count). The van der Waals surface area contributed by atoms with E-state index in [4.69, 9.17) is 4.74 Å². The van der Waals surface area contributed by atoms with Gasteiger partial charge in [0.15, 0.2) is 11.6 Å². The highest BCUT2D eigenvalue weighted by molar-refractivity contribution is 7.89. The quantitative estimate of drug-likeness (QED) is 0.416. The molecule has 0 bridgehead atoms. The van der Waals surface area contributed by atoms with Crippen molar-refractivity contribution in [3.05, 3.63) is 74.2 Å². The van der Waals surface area contributed by atoms with E-state index in [0.29, 0.717) is 41.8 Å². The average Bonchev–Trinajstić information content (AvgIpc) is 3.57. The lowest BCUT2D eigenvalue weighted by atomic mass is 10.1. The molecule has 3 aromatic rings. The van der Waals surface area contributed by atoms with Crippen LogP contribution >= 0.6 is 0 Å². The van der Waals surface area contributed by atoms with Gasteiger partial charge in [-0.15, -0.1) is 0 Å². The number of nitrogens with one attached hydrogen (secondary N) is 3. The maximum Gasteiger partial charge on any atom is 0.326 e. The van der Waals surface area contributed by atoms with Crippen LogP contribution in [0.5, 0.6) is 5.75 Å². The molecule has 1 heterocycles. The third-order valence-corrected chi connectivity index (χ3v) is 7.20. The number of aromatic nitrogens is 2. The van der Waals surface area contributed by atoms with Crippen LogP contribution < -0.4 is 20.7 Å². The molecule has 33 heavy (non-hydrogen) atoms. The van der Waals surface area contributed by atoms with E-state index in [0.717, 1.165) is 18.4 Å². The summed E-state index contributed by atoms with van der Waals surface area (Å²) in [6.45, 7) is 2.17. The van der Waals surface area contributed by atoms with Crippen LogP contribution in [-0.2, 0) is 16.4 Å². The van der Waals surface area contributed by atoms with Gasteiger partial charge in [0.05, 0.1) is 23.3 Å². The highest BCUT2D eigenvalue weighted by Gasteiger charge is 2.23. The van der Waals surface area contributed by atoms with Crippen LogP contribution in [0.15, 0.2) is 46.0 Å². The Morgan fingerprint density at radius 2 is 1.94 bits per heavy atom. The van der Waals surface area contributed by atoms with Crippen LogP contribution in [0, 0.1) is 11.7 Å². The molecule has 176 valence electrons. The standard InChI is InChI=1S/C23H26FN3O5S/c1-14(17-7-8-19(24)21(12-17)32-13-16-4-5-16)27-33(30,31)10-2-3-15-6-9-20-18(11-15)22(28)26-23(29)25-20/h6-9,11-12,14,16,27H,2-5,10,13H2,1H3,(H2,25,26,28,29)/t14-/m1/s1. The first kappa shape index (κ1) is 23.2. The highest BCUT2D eigenvalue weighted by Crippen LogP contribution is 2.31. The molecule has 0 spiro atoms. The Hall–Kier alpha value is -2.98. The fraction of sp³-hybridized carbons (Fsp3) is 0.391. The number of hydrogen-bond donors (Lipinski definition) is 3. The molecule has 0 radical (unpaired) electrons. The Labute approximate surface area is 190 Å². The van der Waals surface area contributed by atoms with Crippen LogP contribution in [-0.4, -0.2) is 30.7 Å². The lowest BCUT2D eigenvalue weighted by Crippen LogP contribution is -2.29. The second-order valence-corrected chi connectivity index (χ2v) is 10.4. The van der Waals surface area contributed by atoms with E-state index in [1.807, 2.05) is 0 Å². The van der Waals surface area contributed by atoms with Gasteiger partial charge < -0.3 is 9.72 Å². The predicted octanol–water partition coefficient (Wildman–Crippen LogP) is 2.76. The molecule has 10 heteroatoms. The van der Waals surface area contributed by atoms with Gasteiger partial charge in [0.2, 0.25) is 10.0 Å². The molecular weight excluding hydrogens is 449 g/mol. The summed E-state index contributed by atoms with van der Waals surface area (Å²) in [6, 6.07) is 8.86. The number of aryl methyl sites for hydroxylation is 1. The molecule has 0 amide bonds.